The second-order valence-electron chi connectivity index (χ2n) is 10.2. The molecule has 1 aromatic carbocycles. The van der Waals surface area contributed by atoms with E-state index >= 15 is 0 Å². The van der Waals surface area contributed by atoms with Crippen molar-refractivity contribution in [1.29, 1.82) is 0 Å². The summed E-state index contributed by atoms with van der Waals surface area (Å²) in [5.74, 6) is -2.57. The number of alkyl halides is 2. The van der Waals surface area contributed by atoms with Crippen molar-refractivity contribution >= 4 is 29.5 Å². The minimum Gasteiger partial charge on any atom is -0.486 e. The molecule has 10 heteroatoms. The summed E-state index contributed by atoms with van der Waals surface area (Å²) >= 11 is 6.50. The quantitative estimate of drug-likeness (QED) is 0.362. The van der Waals surface area contributed by atoms with Crippen molar-refractivity contribution in [2.45, 2.75) is 44.6 Å². The third-order valence-electron chi connectivity index (χ3n) is 7.15. The predicted molar refractivity (Wildman–Crippen MR) is 149 cm³/mol. The molecule has 2 aliphatic rings. The molecule has 3 aromatic rings. The first kappa shape index (κ1) is 27.7. The van der Waals surface area contributed by atoms with E-state index in [1.54, 1.807) is 30.5 Å². The second-order valence-corrected chi connectivity index (χ2v) is 10.7. The molecular formula is C30H29ClF2N4O3. The first-order chi connectivity index (χ1) is 19.1. The van der Waals surface area contributed by atoms with E-state index in [2.05, 4.69) is 29.1 Å². The van der Waals surface area contributed by atoms with Crippen LogP contribution in [0.4, 0.5) is 8.78 Å². The minimum absolute atomic E-state index is 0.238. The largest absolute Gasteiger partial charge is 0.486 e. The number of nitrogens with one attached hydrogen (secondary N) is 1. The number of rotatable bonds is 8. The number of hydrogen-bond donors (Lipinski definition) is 1. The van der Waals surface area contributed by atoms with Gasteiger partial charge in [0, 0.05) is 41.7 Å². The van der Waals surface area contributed by atoms with Crippen LogP contribution in [0.2, 0.25) is 5.02 Å². The lowest BCUT2D eigenvalue weighted by Crippen LogP contribution is -2.58. The summed E-state index contributed by atoms with van der Waals surface area (Å²) in [5, 5.41) is 3.28. The maximum Gasteiger partial charge on any atom is 0.282 e. The van der Waals surface area contributed by atoms with Gasteiger partial charge in [0.25, 0.3) is 11.8 Å². The lowest BCUT2D eigenvalue weighted by Gasteiger charge is -2.38. The maximum atomic E-state index is 13.1. The Morgan fingerprint density at radius 1 is 1.20 bits per heavy atom. The zero-order valence-electron chi connectivity index (χ0n) is 22.2. The Balaban J connectivity index is 1.16. The van der Waals surface area contributed by atoms with Gasteiger partial charge in [0.1, 0.15) is 11.9 Å². The molecule has 2 aliphatic heterocycles. The summed E-state index contributed by atoms with van der Waals surface area (Å²) in [6.45, 7) is 3.41. The van der Waals surface area contributed by atoms with Crippen molar-refractivity contribution in [3.63, 3.8) is 0 Å². The van der Waals surface area contributed by atoms with Crippen molar-refractivity contribution in [3.05, 3.63) is 82.3 Å². The van der Waals surface area contributed by atoms with Gasteiger partial charge in [-0.2, -0.15) is 0 Å². The number of likely N-dealkylation sites (tertiary alicyclic amines) is 1. The van der Waals surface area contributed by atoms with Gasteiger partial charge < -0.3 is 15.0 Å². The molecular weight excluding hydrogens is 538 g/mol. The number of halogens is 3. The first-order valence-corrected chi connectivity index (χ1v) is 13.5. The highest BCUT2D eigenvalue weighted by atomic mass is 35.5. The van der Waals surface area contributed by atoms with Gasteiger partial charge in [0.05, 0.1) is 35.9 Å². The van der Waals surface area contributed by atoms with E-state index < -0.39 is 24.9 Å². The summed E-state index contributed by atoms with van der Waals surface area (Å²) in [6.07, 6.45) is 7.63. The minimum atomic E-state index is -2.82. The standard InChI is InChI=1S/C30H29ClF2N4O3/c1-3-18(2)25-7-4-19(13-34-25)5-9-27(38)36-15-23-11-22-10-21(12-24(31)28(22)40-23)26-8-6-20(14-35-26)29(39)37-16-30(32,33)17-37/h4-10,12-14,18,23H,3,11,15-17H2,1-2H3,(H,36,38). The van der Waals surface area contributed by atoms with Crippen LogP contribution in [0.5, 0.6) is 5.75 Å². The Morgan fingerprint density at radius 3 is 2.65 bits per heavy atom. The molecule has 40 heavy (non-hydrogen) atoms. The molecule has 1 saturated heterocycles. The topological polar surface area (TPSA) is 84.4 Å². The Morgan fingerprint density at radius 2 is 2.00 bits per heavy atom. The highest BCUT2D eigenvalue weighted by molar-refractivity contribution is 6.32. The zero-order chi connectivity index (χ0) is 28.4. The van der Waals surface area contributed by atoms with Crippen LogP contribution in [0.25, 0.3) is 17.3 Å². The van der Waals surface area contributed by atoms with Crippen LogP contribution in [0.15, 0.2) is 54.9 Å². The number of amides is 2. The van der Waals surface area contributed by atoms with E-state index in [9.17, 15) is 18.4 Å². The fourth-order valence-corrected chi connectivity index (χ4v) is 4.92. The summed E-state index contributed by atoms with van der Waals surface area (Å²) < 4.78 is 32.2. The Bertz CT molecular complexity index is 1440. The molecule has 2 aromatic heterocycles. The Kier molecular flexibility index (Phi) is 7.85. The number of hydrogen-bond acceptors (Lipinski definition) is 5. The molecule has 5 rings (SSSR count). The van der Waals surface area contributed by atoms with E-state index in [4.69, 9.17) is 16.3 Å². The number of nitrogens with zero attached hydrogens (tertiary/aromatic N) is 3. The monoisotopic (exact) mass is 566 g/mol. The Hall–Kier alpha value is -3.85. The van der Waals surface area contributed by atoms with Gasteiger partial charge in [0.15, 0.2) is 0 Å². The van der Waals surface area contributed by atoms with Gasteiger partial charge in [-0.15, -0.1) is 0 Å². The van der Waals surface area contributed by atoms with Crippen molar-refractivity contribution < 1.29 is 23.1 Å². The molecule has 0 radical (unpaired) electrons. The number of benzene rings is 1. The average Bonchev–Trinajstić information content (AvgIpc) is 3.37. The maximum absolute atomic E-state index is 13.1. The number of carbonyl (C=O) groups excluding carboxylic acids is 2. The van der Waals surface area contributed by atoms with Gasteiger partial charge in [-0.05, 0) is 54.3 Å². The third-order valence-corrected chi connectivity index (χ3v) is 7.43. The number of ether oxygens (including phenoxy) is 1. The SMILES string of the molecule is CCC(C)c1ccc(C=CC(=O)NCC2Cc3cc(-c4ccc(C(=O)N5CC(F)(F)C5)cn4)cc(Cl)c3O2)cn1. The van der Waals surface area contributed by atoms with Crippen LogP contribution in [0.1, 0.15) is 53.4 Å². The predicted octanol–water partition coefficient (Wildman–Crippen LogP) is 5.53. The molecule has 4 heterocycles. The van der Waals surface area contributed by atoms with Crippen LogP contribution >= 0.6 is 11.6 Å². The molecule has 208 valence electrons. The van der Waals surface area contributed by atoms with Crippen molar-refractivity contribution in [3.8, 4) is 17.0 Å². The fraction of sp³-hybridized carbons (Fsp3) is 0.333. The average molecular weight is 567 g/mol. The van der Waals surface area contributed by atoms with E-state index in [0.29, 0.717) is 35.3 Å². The van der Waals surface area contributed by atoms with Crippen molar-refractivity contribution in [2.24, 2.45) is 0 Å². The number of carbonyl (C=O) groups is 2. The summed E-state index contributed by atoms with van der Waals surface area (Å²) in [7, 11) is 0. The fourth-order valence-electron chi connectivity index (χ4n) is 4.64. The molecule has 2 amide bonds. The summed E-state index contributed by atoms with van der Waals surface area (Å²) in [4.78, 5) is 34.6. The molecule has 0 bridgehead atoms. The van der Waals surface area contributed by atoms with E-state index in [1.807, 2.05) is 18.2 Å². The molecule has 7 nitrogen and oxygen atoms in total. The molecule has 1 fully saturated rings. The van der Waals surface area contributed by atoms with Gasteiger partial charge in [-0.1, -0.05) is 31.5 Å². The molecule has 0 aliphatic carbocycles. The first-order valence-electron chi connectivity index (χ1n) is 13.2. The van der Waals surface area contributed by atoms with E-state index in [-0.39, 0.29) is 17.6 Å². The van der Waals surface area contributed by atoms with Gasteiger partial charge in [0.2, 0.25) is 5.91 Å². The highest BCUT2D eigenvalue weighted by Crippen LogP contribution is 2.39. The van der Waals surface area contributed by atoms with Crippen LogP contribution < -0.4 is 10.1 Å². The number of aromatic nitrogens is 2. The zero-order valence-corrected chi connectivity index (χ0v) is 22.9. The summed E-state index contributed by atoms with van der Waals surface area (Å²) in [6, 6.07) is 10.8. The van der Waals surface area contributed by atoms with Crippen LogP contribution in [0, 0.1) is 0 Å². The smallest absolute Gasteiger partial charge is 0.282 e. The van der Waals surface area contributed by atoms with Crippen LogP contribution in [0.3, 0.4) is 0 Å². The van der Waals surface area contributed by atoms with Gasteiger partial charge in [-0.25, -0.2) is 8.78 Å². The molecule has 0 spiro atoms. The lowest BCUT2D eigenvalue weighted by molar-refractivity contribution is -0.116. The van der Waals surface area contributed by atoms with E-state index in [1.165, 1.54) is 12.3 Å². The van der Waals surface area contributed by atoms with Gasteiger partial charge >= 0.3 is 0 Å². The number of pyridine rings is 2. The Labute approximate surface area is 236 Å². The third kappa shape index (κ3) is 6.14. The lowest BCUT2D eigenvalue weighted by atomic mass is 10.0. The second kappa shape index (κ2) is 11.3. The van der Waals surface area contributed by atoms with Gasteiger partial charge in [-0.3, -0.25) is 19.6 Å². The normalized spacial score (nSPS) is 18.1. The number of fused-ring (bicyclic) bond motifs is 1. The summed E-state index contributed by atoms with van der Waals surface area (Å²) in [5.41, 5.74) is 4.34. The van der Waals surface area contributed by atoms with Crippen molar-refractivity contribution in [2.75, 3.05) is 19.6 Å². The molecule has 2 unspecified atom stereocenters. The van der Waals surface area contributed by atoms with Crippen LogP contribution in [-0.2, 0) is 11.2 Å². The van der Waals surface area contributed by atoms with Crippen LogP contribution in [-0.4, -0.2) is 58.3 Å². The molecule has 0 saturated carbocycles. The van der Waals surface area contributed by atoms with E-state index in [0.717, 1.165) is 33.7 Å². The highest BCUT2D eigenvalue weighted by Gasteiger charge is 2.46. The van der Waals surface area contributed by atoms with Crippen molar-refractivity contribution in [1.82, 2.24) is 20.2 Å². The molecule has 2 atom stereocenters. The molecule has 1 N–H and O–H groups in total.